The van der Waals surface area contributed by atoms with Gasteiger partial charge in [-0.2, -0.15) is 0 Å². The van der Waals surface area contributed by atoms with Gasteiger partial charge < -0.3 is 0 Å². The number of hydrogen-bond acceptors (Lipinski definition) is 0. The van der Waals surface area contributed by atoms with Gasteiger partial charge in [0.2, 0.25) is 0 Å². The van der Waals surface area contributed by atoms with Crippen LogP contribution in [0.25, 0.3) is 5.57 Å². The molecule has 0 saturated heterocycles. The van der Waals surface area contributed by atoms with E-state index < -0.39 is 0 Å². The Labute approximate surface area is 92.6 Å². The maximum Gasteiger partial charge on any atom is -0.0184 e. The van der Waals surface area contributed by atoms with E-state index in [2.05, 4.69) is 43.8 Å². The van der Waals surface area contributed by atoms with Crippen LogP contribution in [0.1, 0.15) is 25.0 Å². The molecule has 0 heterocycles. The molecule has 0 saturated carbocycles. The van der Waals surface area contributed by atoms with E-state index in [9.17, 15) is 0 Å². The zero-order chi connectivity index (χ0) is 11.1. The average Bonchev–Trinajstić information content (AvgIpc) is 2.29. The van der Waals surface area contributed by atoms with E-state index in [-0.39, 0.29) is 0 Å². The van der Waals surface area contributed by atoms with Crippen LogP contribution in [0.5, 0.6) is 0 Å². The minimum absolute atomic E-state index is 1.09. The smallest absolute Gasteiger partial charge is 0.0184 e. The van der Waals surface area contributed by atoms with Crippen molar-refractivity contribution < 1.29 is 0 Å². The Balaban J connectivity index is 3.02. The molecule has 0 aromatic heterocycles. The van der Waals surface area contributed by atoms with Gasteiger partial charge in [-0.05, 0) is 30.0 Å². The second-order valence-electron chi connectivity index (χ2n) is 3.41. The second kappa shape index (κ2) is 6.02. The maximum atomic E-state index is 3.73. The Morgan fingerprint density at radius 3 is 2.40 bits per heavy atom. The van der Waals surface area contributed by atoms with Gasteiger partial charge in [-0.3, -0.25) is 0 Å². The summed E-state index contributed by atoms with van der Waals surface area (Å²) >= 11 is 0. The molecular formula is C15H18. The van der Waals surface area contributed by atoms with Gasteiger partial charge in [-0.25, -0.2) is 0 Å². The molecule has 0 spiro atoms. The van der Waals surface area contributed by atoms with E-state index in [0.29, 0.717) is 0 Å². The van der Waals surface area contributed by atoms with Gasteiger partial charge >= 0.3 is 0 Å². The summed E-state index contributed by atoms with van der Waals surface area (Å²) in [5, 5.41) is 0. The molecule has 0 N–H and O–H groups in total. The number of allylic oxidation sites excluding steroid dienone is 5. The largest absolute Gasteiger partial charge is 0.0990 e. The molecule has 0 amide bonds. The molecule has 0 nitrogen and oxygen atoms in total. The molecule has 1 aromatic rings. The van der Waals surface area contributed by atoms with Crippen LogP contribution in [-0.2, 0) is 6.42 Å². The summed E-state index contributed by atoms with van der Waals surface area (Å²) in [5.41, 5.74) is 3.82. The van der Waals surface area contributed by atoms with Crippen LogP contribution in [0, 0.1) is 0 Å². The molecule has 0 fully saturated rings. The highest BCUT2D eigenvalue weighted by atomic mass is 14.0. The summed E-state index contributed by atoms with van der Waals surface area (Å²) in [4.78, 5) is 0. The maximum absolute atomic E-state index is 3.73. The SMILES string of the molecule is C=C/C=C(\C=C/C)c1ccc(CC)cc1. The number of benzene rings is 1. The molecule has 0 atom stereocenters. The van der Waals surface area contributed by atoms with Gasteiger partial charge in [0.25, 0.3) is 0 Å². The third-order valence-corrected chi connectivity index (χ3v) is 2.34. The second-order valence-corrected chi connectivity index (χ2v) is 3.41. The summed E-state index contributed by atoms with van der Waals surface area (Å²) < 4.78 is 0. The summed E-state index contributed by atoms with van der Waals surface area (Å²) in [6.07, 6.45) is 9.08. The lowest BCUT2D eigenvalue weighted by molar-refractivity contribution is 1.14. The molecule has 0 radical (unpaired) electrons. The molecule has 0 unspecified atom stereocenters. The van der Waals surface area contributed by atoms with Gasteiger partial charge in [0.05, 0.1) is 0 Å². The molecule has 0 aliphatic rings. The van der Waals surface area contributed by atoms with E-state index in [1.54, 1.807) is 0 Å². The zero-order valence-electron chi connectivity index (χ0n) is 9.53. The van der Waals surface area contributed by atoms with Crippen LogP contribution in [0.4, 0.5) is 0 Å². The summed E-state index contributed by atoms with van der Waals surface area (Å²) in [5.74, 6) is 0. The van der Waals surface area contributed by atoms with Crippen LogP contribution in [0.2, 0.25) is 0 Å². The first-order valence-electron chi connectivity index (χ1n) is 5.36. The molecule has 0 heteroatoms. The summed E-state index contributed by atoms with van der Waals surface area (Å²) in [6.45, 7) is 7.92. The Hall–Kier alpha value is -1.56. The average molecular weight is 198 g/mol. The molecule has 1 aromatic carbocycles. The van der Waals surface area contributed by atoms with Gasteiger partial charge in [0.1, 0.15) is 0 Å². The van der Waals surface area contributed by atoms with Gasteiger partial charge in [-0.1, -0.05) is 62.1 Å². The summed E-state index contributed by atoms with van der Waals surface area (Å²) in [7, 11) is 0. The number of aryl methyl sites for hydroxylation is 1. The molecule has 0 aliphatic carbocycles. The van der Waals surface area contributed by atoms with Crippen molar-refractivity contribution in [2.45, 2.75) is 20.3 Å². The minimum Gasteiger partial charge on any atom is -0.0990 e. The Bertz CT molecular complexity index is 364. The van der Waals surface area contributed by atoms with Crippen LogP contribution < -0.4 is 0 Å². The van der Waals surface area contributed by atoms with E-state index in [0.717, 1.165) is 6.42 Å². The van der Waals surface area contributed by atoms with Crippen molar-refractivity contribution in [1.29, 1.82) is 0 Å². The highest BCUT2D eigenvalue weighted by molar-refractivity contribution is 5.75. The third kappa shape index (κ3) is 3.25. The Morgan fingerprint density at radius 1 is 1.27 bits per heavy atom. The van der Waals surface area contributed by atoms with Crippen molar-refractivity contribution in [3.8, 4) is 0 Å². The number of rotatable bonds is 4. The minimum atomic E-state index is 1.09. The lowest BCUT2D eigenvalue weighted by atomic mass is 10.0. The predicted molar refractivity (Wildman–Crippen MR) is 68.8 cm³/mol. The lowest BCUT2D eigenvalue weighted by Gasteiger charge is -2.03. The first-order valence-corrected chi connectivity index (χ1v) is 5.36. The fraction of sp³-hybridized carbons (Fsp3) is 0.200. The monoisotopic (exact) mass is 198 g/mol. The van der Waals surface area contributed by atoms with E-state index in [4.69, 9.17) is 0 Å². The van der Waals surface area contributed by atoms with Gasteiger partial charge in [0, 0.05) is 0 Å². The van der Waals surface area contributed by atoms with Crippen molar-refractivity contribution >= 4 is 5.57 Å². The first kappa shape index (κ1) is 11.5. The van der Waals surface area contributed by atoms with Crippen molar-refractivity contribution in [2.75, 3.05) is 0 Å². The highest BCUT2D eigenvalue weighted by Crippen LogP contribution is 2.17. The quantitative estimate of drug-likeness (QED) is 0.629. The van der Waals surface area contributed by atoms with Crippen molar-refractivity contribution in [3.63, 3.8) is 0 Å². The normalized spacial score (nSPS) is 12.0. The van der Waals surface area contributed by atoms with Gasteiger partial charge in [-0.15, -0.1) is 0 Å². The van der Waals surface area contributed by atoms with Crippen molar-refractivity contribution in [2.24, 2.45) is 0 Å². The molecule has 0 bridgehead atoms. The molecule has 0 aliphatic heterocycles. The van der Waals surface area contributed by atoms with Crippen LogP contribution in [-0.4, -0.2) is 0 Å². The highest BCUT2D eigenvalue weighted by Gasteiger charge is 1.96. The van der Waals surface area contributed by atoms with E-state index >= 15 is 0 Å². The number of hydrogen-bond donors (Lipinski definition) is 0. The standard InChI is InChI=1S/C15H18/c1-4-7-14(8-5-2)15-11-9-13(6-3)10-12-15/h4-5,7-12H,1,6H2,2-3H3/b8-5-,14-7+. The van der Waals surface area contributed by atoms with E-state index in [1.807, 2.05) is 25.2 Å². The summed E-state index contributed by atoms with van der Waals surface area (Å²) in [6, 6.07) is 8.67. The predicted octanol–water partition coefficient (Wildman–Crippen LogP) is 4.39. The van der Waals surface area contributed by atoms with Crippen LogP contribution in [0.15, 0.2) is 55.1 Å². The Kier molecular flexibility index (Phi) is 4.62. The van der Waals surface area contributed by atoms with Gasteiger partial charge in [0.15, 0.2) is 0 Å². The zero-order valence-corrected chi connectivity index (χ0v) is 9.53. The topological polar surface area (TPSA) is 0 Å². The molecular weight excluding hydrogens is 180 g/mol. The first-order chi connectivity index (χ1) is 7.31. The fourth-order valence-electron chi connectivity index (χ4n) is 1.49. The van der Waals surface area contributed by atoms with Crippen LogP contribution >= 0.6 is 0 Å². The molecule has 78 valence electrons. The van der Waals surface area contributed by atoms with Crippen molar-refractivity contribution in [1.82, 2.24) is 0 Å². The Morgan fingerprint density at radius 2 is 1.93 bits per heavy atom. The third-order valence-electron chi connectivity index (χ3n) is 2.34. The molecule has 15 heavy (non-hydrogen) atoms. The van der Waals surface area contributed by atoms with Crippen LogP contribution in [0.3, 0.4) is 0 Å². The van der Waals surface area contributed by atoms with E-state index in [1.165, 1.54) is 16.7 Å². The molecule has 1 rings (SSSR count). The fourth-order valence-corrected chi connectivity index (χ4v) is 1.49. The van der Waals surface area contributed by atoms with Crippen molar-refractivity contribution in [3.05, 3.63) is 66.3 Å². The lowest BCUT2D eigenvalue weighted by Crippen LogP contribution is -1.83.